The number of benzene rings is 1. The topological polar surface area (TPSA) is 97.6 Å². The lowest BCUT2D eigenvalue weighted by Crippen LogP contribution is -2.31. The maximum atomic E-state index is 12.2. The third kappa shape index (κ3) is 2.96. The number of carbonyl (C=O) groups excluding carboxylic acids is 1. The van der Waals surface area contributed by atoms with E-state index in [2.05, 4.69) is 0 Å². The molecule has 1 aliphatic rings. The summed E-state index contributed by atoms with van der Waals surface area (Å²) in [6.45, 7) is 0.558. The molecule has 108 valence electrons. The molecule has 0 spiro atoms. The van der Waals surface area contributed by atoms with Crippen LogP contribution in [0.3, 0.4) is 0 Å². The molecule has 0 radical (unpaired) electrons. The molecular weight excluding hydrogens is 284 g/mol. The molecule has 7 nitrogen and oxygen atoms in total. The molecule has 0 N–H and O–H groups in total. The first kappa shape index (κ1) is 14.4. The summed E-state index contributed by atoms with van der Waals surface area (Å²) in [5.74, 6) is -0.300. The highest BCUT2D eigenvalue weighted by Crippen LogP contribution is 2.20. The number of sulfone groups is 1. The largest absolute Gasteiger partial charge is 0.337 e. The molecule has 20 heavy (non-hydrogen) atoms. The average molecular weight is 298 g/mol. The number of non-ortho nitro benzene ring substituents is 1. The van der Waals surface area contributed by atoms with Crippen LogP contribution in [0.25, 0.3) is 0 Å². The third-order valence-electron chi connectivity index (χ3n) is 3.36. The Kier molecular flexibility index (Phi) is 3.76. The van der Waals surface area contributed by atoms with Crippen LogP contribution < -0.4 is 0 Å². The molecule has 1 unspecified atom stereocenters. The van der Waals surface area contributed by atoms with Crippen molar-refractivity contribution in [2.24, 2.45) is 0 Å². The zero-order valence-corrected chi connectivity index (χ0v) is 11.7. The summed E-state index contributed by atoms with van der Waals surface area (Å²) in [4.78, 5) is 23.6. The van der Waals surface area contributed by atoms with Crippen molar-refractivity contribution in [2.45, 2.75) is 11.7 Å². The second-order valence-electron chi connectivity index (χ2n) is 4.80. The van der Waals surface area contributed by atoms with Crippen molar-refractivity contribution in [1.29, 1.82) is 0 Å². The van der Waals surface area contributed by atoms with E-state index in [4.69, 9.17) is 0 Å². The Morgan fingerprint density at radius 3 is 2.40 bits per heavy atom. The number of hydrogen-bond acceptors (Lipinski definition) is 5. The van der Waals surface area contributed by atoms with E-state index in [-0.39, 0.29) is 18.1 Å². The highest BCUT2D eigenvalue weighted by atomic mass is 32.2. The normalized spacial score (nSPS) is 19.1. The van der Waals surface area contributed by atoms with Gasteiger partial charge < -0.3 is 4.90 Å². The van der Waals surface area contributed by atoms with Crippen molar-refractivity contribution in [3.8, 4) is 0 Å². The minimum Gasteiger partial charge on any atom is -0.337 e. The molecule has 1 amide bonds. The van der Waals surface area contributed by atoms with Gasteiger partial charge >= 0.3 is 0 Å². The van der Waals surface area contributed by atoms with Crippen LogP contribution in [-0.4, -0.2) is 48.7 Å². The van der Waals surface area contributed by atoms with E-state index in [1.807, 2.05) is 0 Å². The number of nitrogens with zero attached hydrogens (tertiary/aromatic N) is 2. The van der Waals surface area contributed by atoms with E-state index in [0.29, 0.717) is 18.5 Å². The first-order valence-corrected chi connectivity index (χ1v) is 7.97. The van der Waals surface area contributed by atoms with Crippen LogP contribution in [0.4, 0.5) is 5.69 Å². The van der Waals surface area contributed by atoms with Crippen molar-refractivity contribution in [1.82, 2.24) is 4.90 Å². The first-order chi connectivity index (χ1) is 9.29. The van der Waals surface area contributed by atoms with Gasteiger partial charge in [0.15, 0.2) is 9.84 Å². The van der Waals surface area contributed by atoms with E-state index in [0.717, 1.165) is 6.26 Å². The van der Waals surface area contributed by atoms with Crippen LogP contribution in [0.1, 0.15) is 16.8 Å². The zero-order chi connectivity index (χ0) is 14.9. The molecule has 0 aromatic heterocycles. The molecule has 1 aromatic carbocycles. The molecule has 1 heterocycles. The van der Waals surface area contributed by atoms with Gasteiger partial charge in [-0.3, -0.25) is 14.9 Å². The average Bonchev–Trinajstić information content (AvgIpc) is 2.87. The van der Waals surface area contributed by atoms with E-state index in [1.54, 1.807) is 0 Å². The fraction of sp³-hybridized carbons (Fsp3) is 0.417. The van der Waals surface area contributed by atoms with Crippen LogP contribution >= 0.6 is 0 Å². The quantitative estimate of drug-likeness (QED) is 0.608. The minimum atomic E-state index is -3.15. The van der Waals surface area contributed by atoms with Crippen molar-refractivity contribution in [3.05, 3.63) is 39.9 Å². The summed E-state index contributed by atoms with van der Waals surface area (Å²) in [7, 11) is -3.15. The molecule has 1 saturated heterocycles. The lowest BCUT2D eigenvalue weighted by Gasteiger charge is -2.16. The van der Waals surface area contributed by atoms with Gasteiger partial charge in [0.2, 0.25) is 0 Å². The van der Waals surface area contributed by atoms with E-state index in [1.165, 1.54) is 29.2 Å². The maximum absolute atomic E-state index is 12.2. The standard InChI is InChI=1S/C12H14N2O5S/c1-20(18,19)11-6-7-13(8-11)12(15)9-2-4-10(5-3-9)14(16)17/h2-5,11H,6-8H2,1H3. The Hall–Kier alpha value is -1.96. The Morgan fingerprint density at radius 1 is 1.35 bits per heavy atom. The molecule has 2 rings (SSSR count). The van der Waals surface area contributed by atoms with Crippen LogP contribution in [0.5, 0.6) is 0 Å². The highest BCUT2D eigenvalue weighted by Gasteiger charge is 2.32. The zero-order valence-electron chi connectivity index (χ0n) is 10.9. The monoisotopic (exact) mass is 298 g/mol. The molecule has 0 aliphatic carbocycles. The Bertz CT molecular complexity index is 638. The molecular formula is C12H14N2O5S. The molecule has 0 bridgehead atoms. The molecule has 1 fully saturated rings. The third-order valence-corrected chi connectivity index (χ3v) is 4.96. The lowest BCUT2D eigenvalue weighted by atomic mass is 10.2. The Labute approximate surface area is 116 Å². The maximum Gasteiger partial charge on any atom is 0.269 e. The SMILES string of the molecule is CS(=O)(=O)C1CCN(C(=O)c2ccc([N+](=O)[O-])cc2)C1. The summed E-state index contributed by atoms with van der Waals surface area (Å²) in [6, 6.07) is 5.29. The molecule has 1 aromatic rings. The van der Waals surface area contributed by atoms with Crippen LogP contribution in [0.15, 0.2) is 24.3 Å². The highest BCUT2D eigenvalue weighted by molar-refractivity contribution is 7.91. The summed E-state index contributed by atoms with van der Waals surface area (Å²) in [5, 5.41) is 10.0. The van der Waals surface area contributed by atoms with Gasteiger partial charge in [0, 0.05) is 37.0 Å². The fourth-order valence-electron chi connectivity index (χ4n) is 2.17. The second-order valence-corrected chi connectivity index (χ2v) is 7.12. The molecule has 1 aliphatic heterocycles. The van der Waals surface area contributed by atoms with Crippen molar-refractivity contribution < 1.29 is 18.1 Å². The fourth-order valence-corrected chi connectivity index (χ4v) is 3.15. The number of likely N-dealkylation sites (tertiary alicyclic amines) is 1. The molecule has 8 heteroatoms. The molecule has 1 atom stereocenters. The lowest BCUT2D eigenvalue weighted by molar-refractivity contribution is -0.384. The van der Waals surface area contributed by atoms with Gasteiger partial charge in [-0.15, -0.1) is 0 Å². The molecule has 0 saturated carbocycles. The number of carbonyl (C=O) groups is 1. The van der Waals surface area contributed by atoms with Crippen molar-refractivity contribution in [2.75, 3.05) is 19.3 Å². The summed E-state index contributed by atoms with van der Waals surface area (Å²) < 4.78 is 22.9. The first-order valence-electron chi connectivity index (χ1n) is 6.01. The van der Waals surface area contributed by atoms with Gasteiger partial charge in [-0.25, -0.2) is 8.42 Å². The second kappa shape index (κ2) is 5.20. The number of nitro benzene ring substituents is 1. The van der Waals surface area contributed by atoms with E-state index < -0.39 is 20.0 Å². The smallest absolute Gasteiger partial charge is 0.269 e. The van der Waals surface area contributed by atoms with Crippen LogP contribution in [0.2, 0.25) is 0 Å². The van der Waals surface area contributed by atoms with E-state index in [9.17, 15) is 23.3 Å². The summed E-state index contributed by atoms with van der Waals surface area (Å²) in [5.41, 5.74) is 0.238. The van der Waals surface area contributed by atoms with Gasteiger partial charge in [-0.2, -0.15) is 0 Å². The summed E-state index contributed by atoms with van der Waals surface area (Å²) in [6.07, 6.45) is 1.59. The van der Waals surface area contributed by atoms with Crippen molar-refractivity contribution >= 4 is 21.4 Å². The van der Waals surface area contributed by atoms with Gasteiger partial charge in [-0.1, -0.05) is 0 Å². The van der Waals surface area contributed by atoms with Gasteiger partial charge in [0.1, 0.15) is 0 Å². The number of nitro groups is 1. The minimum absolute atomic E-state index is 0.0861. The van der Waals surface area contributed by atoms with Crippen LogP contribution in [0, 0.1) is 10.1 Å². The van der Waals surface area contributed by atoms with Crippen molar-refractivity contribution in [3.63, 3.8) is 0 Å². The predicted molar refractivity (Wildman–Crippen MR) is 72.2 cm³/mol. The predicted octanol–water partition coefficient (Wildman–Crippen LogP) is 0.854. The number of amides is 1. The number of rotatable bonds is 3. The van der Waals surface area contributed by atoms with Crippen LogP contribution in [-0.2, 0) is 9.84 Å². The Balaban J connectivity index is 2.11. The Morgan fingerprint density at radius 2 is 1.95 bits per heavy atom. The summed E-state index contributed by atoms with van der Waals surface area (Å²) >= 11 is 0. The van der Waals surface area contributed by atoms with Gasteiger partial charge in [0.25, 0.3) is 11.6 Å². The van der Waals surface area contributed by atoms with Gasteiger partial charge in [-0.05, 0) is 18.6 Å². The number of hydrogen-bond donors (Lipinski definition) is 0. The van der Waals surface area contributed by atoms with Gasteiger partial charge in [0.05, 0.1) is 10.2 Å². The van der Waals surface area contributed by atoms with E-state index >= 15 is 0 Å².